The number of nitrogens with one attached hydrogen (secondary N) is 1. The van der Waals surface area contributed by atoms with Gasteiger partial charge in [-0.25, -0.2) is 0 Å². The van der Waals surface area contributed by atoms with Gasteiger partial charge in [-0.3, -0.25) is 9.59 Å². The molecule has 1 aliphatic heterocycles. The van der Waals surface area contributed by atoms with Crippen molar-refractivity contribution >= 4 is 29.3 Å². The SMILES string of the molecule is CNC(=O)C1CN(C(=O)CSC(c2ccccc2)c2ccccc2)c2ccccc2O1. The van der Waals surface area contributed by atoms with E-state index in [-0.39, 0.29) is 29.4 Å². The number of nitrogens with zero attached hydrogens (tertiary/aromatic N) is 1. The first-order valence-electron chi connectivity index (χ1n) is 10.2. The first-order valence-corrected chi connectivity index (χ1v) is 11.2. The van der Waals surface area contributed by atoms with Gasteiger partial charge in [0.05, 0.1) is 23.2 Å². The molecule has 158 valence electrons. The Hall–Kier alpha value is -3.25. The summed E-state index contributed by atoms with van der Waals surface area (Å²) in [6, 6.07) is 27.7. The highest BCUT2D eigenvalue weighted by molar-refractivity contribution is 8.00. The maximum Gasteiger partial charge on any atom is 0.262 e. The number of rotatable bonds is 6. The molecule has 1 aliphatic rings. The molecule has 1 N–H and O–H groups in total. The summed E-state index contributed by atoms with van der Waals surface area (Å²) in [5.41, 5.74) is 3.00. The van der Waals surface area contributed by atoms with Crippen LogP contribution in [-0.2, 0) is 9.59 Å². The number of carbonyl (C=O) groups excluding carboxylic acids is 2. The molecule has 31 heavy (non-hydrogen) atoms. The molecule has 3 aromatic carbocycles. The molecular formula is C25H24N2O3S. The molecule has 0 bridgehead atoms. The number of thioether (sulfide) groups is 1. The highest BCUT2D eigenvalue weighted by Crippen LogP contribution is 2.37. The Kier molecular flexibility index (Phi) is 6.57. The molecule has 4 rings (SSSR count). The van der Waals surface area contributed by atoms with E-state index in [2.05, 4.69) is 29.6 Å². The van der Waals surface area contributed by atoms with Crippen molar-refractivity contribution < 1.29 is 14.3 Å². The standard InChI is InChI=1S/C25H24N2O3S/c1-26-25(29)22-16-27(20-14-8-9-15-21(20)30-22)23(28)17-31-24(18-10-4-2-5-11-18)19-12-6-3-7-13-19/h2-15,22,24H,16-17H2,1H3,(H,26,29). The molecule has 0 radical (unpaired) electrons. The van der Waals surface area contributed by atoms with Gasteiger partial charge in [-0.15, -0.1) is 11.8 Å². The Labute approximate surface area is 186 Å². The molecule has 0 saturated carbocycles. The number of hydrogen-bond acceptors (Lipinski definition) is 4. The fourth-order valence-electron chi connectivity index (χ4n) is 3.64. The van der Waals surface area contributed by atoms with Gasteiger partial charge in [0.2, 0.25) is 5.91 Å². The van der Waals surface area contributed by atoms with Gasteiger partial charge in [-0.1, -0.05) is 72.8 Å². The molecule has 0 saturated heterocycles. The number of para-hydroxylation sites is 2. The molecule has 1 unspecified atom stereocenters. The second kappa shape index (κ2) is 9.71. The normalized spacial score (nSPS) is 15.2. The average molecular weight is 433 g/mol. The summed E-state index contributed by atoms with van der Waals surface area (Å²) < 4.78 is 5.82. The van der Waals surface area contributed by atoms with Crippen molar-refractivity contribution in [1.82, 2.24) is 5.32 Å². The summed E-state index contributed by atoms with van der Waals surface area (Å²) in [4.78, 5) is 27.2. The van der Waals surface area contributed by atoms with Crippen LogP contribution in [0.3, 0.4) is 0 Å². The number of carbonyl (C=O) groups is 2. The Morgan fingerprint density at radius 3 is 2.16 bits per heavy atom. The Morgan fingerprint density at radius 2 is 1.55 bits per heavy atom. The van der Waals surface area contributed by atoms with Gasteiger partial charge < -0.3 is 15.0 Å². The molecular weight excluding hydrogens is 408 g/mol. The largest absolute Gasteiger partial charge is 0.477 e. The molecule has 2 amide bonds. The van der Waals surface area contributed by atoms with Gasteiger partial charge in [-0.05, 0) is 23.3 Å². The fraction of sp³-hybridized carbons (Fsp3) is 0.200. The number of benzene rings is 3. The van der Waals surface area contributed by atoms with Gasteiger partial charge in [0.1, 0.15) is 5.75 Å². The van der Waals surface area contributed by atoms with Gasteiger partial charge in [-0.2, -0.15) is 0 Å². The van der Waals surface area contributed by atoms with Crippen LogP contribution in [0.25, 0.3) is 0 Å². The zero-order valence-corrected chi connectivity index (χ0v) is 18.0. The third kappa shape index (κ3) is 4.75. The number of ether oxygens (including phenoxy) is 1. The highest BCUT2D eigenvalue weighted by Gasteiger charge is 2.33. The third-order valence-corrected chi connectivity index (χ3v) is 6.48. The lowest BCUT2D eigenvalue weighted by Gasteiger charge is -2.34. The zero-order chi connectivity index (χ0) is 21.6. The van der Waals surface area contributed by atoms with E-state index in [9.17, 15) is 9.59 Å². The van der Waals surface area contributed by atoms with Crippen LogP contribution in [0.4, 0.5) is 5.69 Å². The maximum atomic E-state index is 13.3. The number of fused-ring (bicyclic) bond motifs is 1. The minimum Gasteiger partial charge on any atom is -0.477 e. The predicted molar refractivity (Wildman–Crippen MR) is 124 cm³/mol. The number of likely N-dealkylation sites (N-methyl/N-ethyl adjacent to an activating group) is 1. The van der Waals surface area contributed by atoms with Crippen molar-refractivity contribution in [2.24, 2.45) is 0 Å². The minimum absolute atomic E-state index is 0.0392. The monoisotopic (exact) mass is 432 g/mol. The van der Waals surface area contributed by atoms with Crippen LogP contribution in [0, 0.1) is 0 Å². The van der Waals surface area contributed by atoms with E-state index < -0.39 is 6.10 Å². The summed E-state index contributed by atoms with van der Waals surface area (Å²) in [5, 5.41) is 2.65. The van der Waals surface area contributed by atoms with E-state index in [0.717, 1.165) is 11.1 Å². The van der Waals surface area contributed by atoms with Crippen molar-refractivity contribution in [3.63, 3.8) is 0 Å². The smallest absolute Gasteiger partial charge is 0.262 e. The van der Waals surface area contributed by atoms with Crippen LogP contribution in [0.1, 0.15) is 16.4 Å². The highest BCUT2D eigenvalue weighted by atomic mass is 32.2. The van der Waals surface area contributed by atoms with Crippen LogP contribution in [-0.4, -0.2) is 37.3 Å². The van der Waals surface area contributed by atoms with E-state index in [1.54, 1.807) is 29.8 Å². The fourth-order valence-corrected chi connectivity index (χ4v) is 4.81. The molecule has 0 aliphatic carbocycles. The quantitative estimate of drug-likeness (QED) is 0.639. The van der Waals surface area contributed by atoms with Crippen LogP contribution in [0.2, 0.25) is 0 Å². The van der Waals surface area contributed by atoms with Gasteiger partial charge in [0, 0.05) is 7.05 Å². The second-order valence-corrected chi connectivity index (χ2v) is 8.30. The first kappa shape index (κ1) is 21.0. The van der Waals surface area contributed by atoms with Gasteiger partial charge >= 0.3 is 0 Å². The van der Waals surface area contributed by atoms with E-state index in [1.807, 2.05) is 54.6 Å². The lowest BCUT2D eigenvalue weighted by Crippen LogP contribution is -2.50. The topological polar surface area (TPSA) is 58.6 Å². The first-order chi connectivity index (χ1) is 15.2. The van der Waals surface area contributed by atoms with Crippen LogP contribution in [0.15, 0.2) is 84.9 Å². The molecule has 3 aromatic rings. The Bertz CT molecular complexity index is 1000. The molecule has 1 heterocycles. The van der Waals surface area contributed by atoms with Crippen LogP contribution < -0.4 is 15.0 Å². The Balaban J connectivity index is 1.55. The lowest BCUT2D eigenvalue weighted by molar-refractivity contribution is -0.127. The third-order valence-electron chi connectivity index (χ3n) is 5.19. The van der Waals surface area contributed by atoms with Crippen molar-refractivity contribution in [3.05, 3.63) is 96.1 Å². The van der Waals surface area contributed by atoms with E-state index >= 15 is 0 Å². The minimum atomic E-state index is -0.729. The van der Waals surface area contributed by atoms with Gasteiger partial charge in [0.25, 0.3) is 5.91 Å². The van der Waals surface area contributed by atoms with Crippen molar-refractivity contribution in [1.29, 1.82) is 0 Å². The number of hydrogen-bond donors (Lipinski definition) is 1. The summed E-state index contributed by atoms with van der Waals surface area (Å²) in [6.45, 7) is 0.192. The summed E-state index contributed by atoms with van der Waals surface area (Å²) in [7, 11) is 1.57. The van der Waals surface area contributed by atoms with Crippen molar-refractivity contribution in [2.45, 2.75) is 11.4 Å². The average Bonchev–Trinajstić information content (AvgIpc) is 2.84. The summed E-state index contributed by atoms with van der Waals surface area (Å²) >= 11 is 1.59. The zero-order valence-electron chi connectivity index (χ0n) is 17.2. The molecule has 6 heteroatoms. The summed E-state index contributed by atoms with van der Waals surface area (Å²) in [6.07, 6.45) is -0.729. The molecule has 5 nitrogen and oxygen atoms in total. The molecule has 0 fully saturated rings. The predicted octanol–water partition coefficient (Wildman–Crippen LogP) is 4.05. The van der Waals surface area contributed by atoms with Crippen molar-refractivity contribution in [2.75, 3.05) is 24.2 Å². The molecule has 0 aromatic heterocycles. The Morgan fingerprint density at radius 1 is 0.968 bits per heavy atom. The van der Waals surface area contributed by atoms with E-state index in [4.69, 9.17) is 4.74 Å². The summed E-state index contributed by atoms with van der Waals surface area (Å²) in [5.74, 6) is 0.532. The molecule has 1 atom stereocenters. The number of anilines is 1. The maximum absolute atomic E-state index is 13.3. The second-order valence-electron chi connectivity index (χ2n) is 7.21. The van der Waals surface area contributed by atoms with Gasteiger partial charge in [0.15, 0.2) is 6.10 Å². The van der Waals surface area contributed by atoms with Crippen LogP contribution in [0.5, 0.6) is 5.75 Å². The van der Waals surface area contributed by atoms with E-state index in [1.165, 1.54) is 0 Å². The lowest BCUT2D eigenvalue weighted by atomic mass is 10.0. The van der Waals surface area contributed by atoms with Crippen LogP contribution >= 0.6 is 11.8 Å². The van der Waals surface area contributed by atoms with E-state index in [0.29, 0.717) is 11.4 Å². The number of amides is 2. The molecule has 0 spiro atoms. The van der Waals surface area contributed by atoms with Crippen molar-refractivity contribution in [3.8, 4) is 5.75 Å².